The van der Waals surface area contributed by atoms with E-state index in [-0.39, 0.29) is 17.0 Å². The minimum absolute atomic E-state index is 0.112. The molecular weight excluding hydrogens is 379 g/mol. The predicted molar refractivity (Wildman–Crippen MR) is 96.4 cm³/mol. The molecule has 144 valence electrons. The number of fused-ring (bicyclic) bond motifs is 1. The summed E-state index contributed by atoms with van der Waals surface area (Å²) in [5.41, 5.74) is 0.131. The van der Waals surface area contributed by atoms with Crippen molar-refractivity contribution in [1.82, 2.24) is 0 Å². The molecule has 0 saturated carbocycles. The lowest BCUT2D eigenvalue weighted by molar-refractivity contribution is -0.384. The number of hydrogen-bond donors (Lipinski definition) is 1. The molecule has 1 N–H and O–H groups in total. The van der Waals surface area contributed by atoms with Crippen LogP contribution in [0.1, 0.15) is 18.1 Å². The number of halogens is 3. The van der Waals surface area contributed by atoms with Gasteiger partial charge in [-0.1, -0.05) is 18.2 Å². The summed E-state index contributed by atoms with van der Waals surface area (Å²) in [6, 6.07) is 10.4. The lowest BCUT2D eigenvalue weighted by Gasteiger charge is -2.09. The van der Waals surface area contributed by atoms with Crippen LogP contribution in [0.3, 0.4) is 0 Å². The maximum Gasteiger partial charge on any atom is 0.416 e. The number of anilines is 1. The summed E-state index contributed by atoms with van der Waals surface area (Å²) >= 11 is 0. The lowest BCUT2D eigenvalue weighted by Crippen LogP contribution is -2.13. The van der Waals surface area contributed by atoms with Crippen molar-refractivity contribution in [2.45, 2.75) is 13.1 Å². The van der Waals surface area contributed by atoms with E-state index in [9.17, 15) is 28.1 Å². The van der Waals surface area contributed by atoms with Crippen molar-refractivity contribution in [3.63, 3.8) is 0 Å². The minimum atomic E-state index is -4.72. The third-order valence-corrected chi connectivity index (χ3v) is 3.90. The number of hydrogen-bond acceptors (Lipinski definition) is 6. The molecular formula is C18H12F3N3O4. The van der Waals surface area contributed by atoms with Crippen LogP contribution in [-0.2, 0) is 6.18 Å². The molecule has 0 fully saturated rings. The Morgan fingerprint density at radius 1 is 1.18 bits per heavy atom. The SMILES string of the molecule is C/C(=N/Nc1ccc(C(F)(F)F)cc1[N+](=O)[O-])c1cc2ccccc2oc1=O. The highest BCUT2D eigenvalue weighted by molar-refractivity contribution is 6.00. The average molecular weight is 391 g/mol. The smallest absolute Gasteiger partial charge is 0.416 e. The molecule has 10 heteroatoms. The van der Waals surface area contributed by atoms with Crippen LogP contribution < -0.4 is 11.1 Å². The largest absolute Gasteiger partial charge is 0.422 e. The molecule has 0 saturated heterocycles. The van der Waals surface area contributed by atoms with Gasteiger partial charge in [0.05, 0.1) is 21.8 Å². The molecule has 3 rings (SSSR count). The Hall–Kier alpha value is -3.69. The summed E-state index contributed by atoms with van der Waals surface area (Å²) < 4.78 is 43.4. The normalized spacial score (nSPS) is 12.2. The van der Waals surface area contributed by atoms with Gasteiger partial charge in [-0.2, -0.15) is 18.3 Å². The van der Waals surface area contributed by atoms with Crippen LogP contribution in [0, 0.1) is 10.1 Å². The van der Waals surface area contributed by atoms with Gasteiger partial charge in [-0.25, -0.2) is 4.79 Å². The Morgan fingerprint density at radius 2 is 1.89 bits per heavy atom. The third kappa shape index (κ3) is 3.85. The van der Waals surface area contributed by atoms with Crippen LogP contribution in [0.4, 0.5) is 24.5 Å². The molecule has 0 aliphatic heterocycles. The first-order chi connectivity index (χ1) is 13.2. The van der Waals surface area contributed by atoms with Crippen molar-refractivity contribution in [3.8, 4) is 0 Å². The number of rotatable bonds is 4. The van der Waals surface area contributed by atoms with E-state index in [1.807, 2.05) is 0 Å². The van der Waals surface area contributed by atoms with Gasteiger partial charge in [-0.3, -0.25) is 15.5 Å². The number of benzene rings is 2. The van der Waals surface area contributed by atoms with Crippen molar-refractivity contribution >= 4 is 28.1 Å². The Balaban J connectivity index is 1.96. The van der Waals surface area contributed by atoms with E-state index >= 15 is 0 Å². The van der Waals surface area contributed by atoms with Gasteiger partial charge in [-0.15, -0.1) is 0 Å². The highest BCUT2D eigenvalue weighted by Gasteiger charge is 2.33. The minimum Gasteiger partial charge on any atom is -0.422 e. The summed E-state index contributed by atoms with van der Waals surface area (Å²) in [4.78, 5) is 22.3. The summed E-state index contributed by atoms with van der Waals surface area (Å²) in [5.74, 6) is 0. The van der Waals surface area contributed by atoms with Gasteiger partial charge in [0.15, 0.2) is 0 Å². The molecule has 0 bridgehead atoms. The fraction of sp³-hybridized carbons (Fsp3) is 0.111. The molecule has 0 atom stereocenters. The molecule has 3 aromatic rings. The second-order valence-corrected chi connectivity index (χ2v) is 5.78. The number of nitro benzene ring substituents is 1. The molecule has 0 amide bonds. The highest BCUT2D eigenvalue weighted by atomic mass is 19.4. The average Bonchev–Trinajstić information content (AvgIpc) is 2.64. The van der Waals surface area contributed by atoms with Crippen molar-refractivity contribution in [2.75, 3.05) is 5.43 Å². The number of para-hydroxylation sites is 1. The Bertz CT molecular complexity index is 1150. The lowest BCUT2D eigenvalue weighted by atomic mass is 10.1. The first kappa shape index (κ1) is 19.1. The molecule has 1 aromatic heterocycles. The van der Waals surface area contributed by atoms with Crippen LogP contribution in [0.5, 0.6) is 0 Å². The van der Waals surface area contributed by atoms with E-state index < -0.39 is 28.0 Å². The molecule has 0 unspecified atom stereocenters. The van der Waals surface area contributed by atoms with Crippen molar-refractivity contribution in [2.24, 2.45) is 5.10 Å². The second kappa shape index (κ2) is 7.14. The van der Waals surface area contributed by atoms with Crippen LogP contribution >= 0.6 is 0 Å². The van der Waals surface area contributed by atoms with Gasteiger partial charge >= 0.3 is 11.8 Å². The summed E-state index contributed by atoms with van der Waals surface area (Å²) in [5, 5.41) is 15.6. The molecule has 0 aliphatic rings. The molecule has 28 heavy (non-hydrogen) atoms. The van der Waals surface area contributed by atoms with Crippen molar-refractivity contribution in [3.05, 3.63) is 80.2 Å². The van der Waals surface area contributed by atoms with Crippen LogP contribution in [0.25, 0.3) is 11.0 Å². The van der Waals surface area contributed by atoms with Gasteiger partial charge in [0, 0.05) is 11.5 Å². The topological polar surface area (TPSA) is 97.7 Å². The predicted octanol–water partition coefficient (Wildman–Crippen LogP) is 4.56. The Kier molecular flexibility index (Phi) is 4.87. The fourth-order valence-electron chi connectivity index (χ4n) is 2.47. The van der Waals surface area contributed by atoms with E-state index in [1.165, 1.54) is 6.92 Å². The number of nitrogens with one attached hydrogen (secondary N) is 1. The maximum atomic E-state index is 12.8. The zero-order valence-electron chi connectivity index (χ0n) is 14.3. The Labute approximate surface area is 155 Å². The highest BCUT2D eigenvalue weighted by Crippen LogP contribution is 2.35. The standard InChI is InChI=1S/C18H12F3N3O4/c1-10(13-8-11-4-2-3-5-16(11)28-17(13)25)22-23-14-7-6-12(18(19,20)21)9-15(14)24(26)27/h2-9,23H,1H3/b22-10-. The zero-order chi connectivity index (χ0) is 20.5. The molecule has 2 aromatic carbocycles. The van der Waals surface area contributed by atoms with Crippen LogP contribution in [0.15, 0.2) is 62.8 Å². The molecule has 0 aliphatic carbocycles. The van der Waals surface area contributed by atoms with E-state index in [0.717, 1.165) is 6.07 Å². The molecule has 7 nitrogen and oxygen atoms in total. The molecule has 1 heterocycles. The summed E-state index contributed by atoms with van der Waals surface area (Å²) in [6.45, 7) is 1.46. The Morgan fingerprint density at radius 3 is 2.57 bits per heavy atom. The summed E-state index contributed by atoms with van der Waals surface area (Å²) in [6.07, 6.45) is -4.72. The van der Waals surface area contributed by atoms with Gasteiger partial charge in [0.25, 0.3) is 5.69 Å². The van der Waals surface area contributed by atoms with E-state index in [1.54, 1.807) is 30.3 Å². The van der Waals surface area contributed by atoms with Crippen LogP contribution in [-0.4, -0.2) is 10.6 Å². The third-order valence-electron chi connectivity index (χ3n) is 3.90. The number of nitro groups is 1. The van der Waals surface area contributed by atoms with Gasteiger partial charge in [0.1, 0.15) is 11.3 Å². The van der Waals surface area contributed by atoms with E-state index in [4.69, 9.17) is 4.42 Å². The van der Waals surface area contributed by atoms with Crippen molar-refractivity contribution in [1.29, 1.82) is 0 Å². The first-order valence-electron chi connectivity index (χ1n) is 7.86. The van der Waals surface area contributed by atoms with Crippen LogP contribution in [0.2, 0.25) is 0 Å². The second-order valence-electron chi connectivity index (χ2n) is 5.78. The van der Waals surface area contributed by atoms with Gasteiger partial charge in [0.2, 0.25) is 0 Å². The summed E-state index contributed by atoms with van der Waals surface area (Å²) in [7, 11) is 0. The number of alkyl halides is 3. The monoisotopic (exact) mass is 391 g/mol. The molecule has 0 radical (unpaired) electrons. The quantitative estimate of drug-likeness (QED) is 0.304. The van der Waals surface area contributed by atoms with Gasteiger partial charge in [-0.05, 0) is 31.2 Å². The number of nitrogens with zero attached hydrogens (tertiary/aromatic N) is 2. The van der Waals surface area contributed by atoms with Gasteiger partial charge < -0.3 is 4.42 Å². The van der Waals surface area contributed by atoms with Crippen molar-refractivity contribution < 1.29 is 22.5 Å². The zero-order valence-corrected chi connectivity index (χ0v) is 14.3. The first-order valence-corrected chi connectivity index (χ1v) is 7.86. The van der Waals surface area contributed by atoms with E-state index in [2.05, 4.69) is 10.5 Å². The molecule has 0 spiro atoms. The maximum absolute atomic E-state index is 12.8. The fourth-order valence-corrected chi connectivity index (χ4v) is 2.47. The number of hydrazone groups is 1. The van der Waals surface area contributed by atoms with E-state index in [0.29, 0.717) is 23.1 Å².